The predicted octanol–water partition coefficient (Wildman–Crippen LogP) is 1.47. The first kappa shape index (κ1) is 17.2. The van der Waals surface area contributed by atoms with Crippen molar-refractivity contribution < 1.29 is 4.79 Å². The van der Waals surface area contributed by atoms with E-state index in [4.69, 9.17) is 5.73 Å². The lowest BCUT2D eigenvalue weighted by Gasteiger charge is -2.15. The molecule has 1 atom stereocenters. The largest absolute Gasteiger partial charge is 0.354 e. The van der Waals surface area contributed by atoms with Gasteiger partial charge in [-0.25, -0.2) is 0 Å². The monoisotopic (exact) mass is 308 g/mol. The topological polar surface area (TPSA) is 72.9 Å². The maximum absolute atomic E-state index is 12.1. The number of hydrogen-bond donors (Lipinski definition) is 2. The van der Waals surface area contributed by atoms with Crippen molar-refractivity contribution >= 4 is 18.3 Å². The van der Waals surface area contributed by atoms with Crippen molar-refractivity contribution in [2.24, 2.45) is 5.73 Å². The molecule has 1 aromatic heterocycles. The molecule has 5 nitrogen and oxygen atoms in total. The molecule has 0 aliphatic heterocycles. The van der Waals surface area contributed by atoms with Gasteiger partial charge in [0.2, 0.25) is 5.91 Å². The molecule has 21 heavy (non-hydrogen) atoms. The number of aromatic nitrogens is 2. The van der Waals surface area contributed by atoms with E-state index in [0.717, 1.165) is 11.1 Å². The first-order valence-corrected chi connectivity index (χ1v) is 6.72. The SMILES string of the molecule is Cc1cnn(CCNC(=O)C(CN)c2ccccc2)c1.Cl. The van der Waals surface area contributed by atoms with Crippen LogP contribution in [0.2, 0.25) is 0 Å². The summed E-state index contributed by atoms with van der Waals surface area (Å²) < 4.78 is 1.82. The van der Waals surface area contributed by atoms with Gasteiger partial charge in [-0.05, 0) is 18.1 Å². The summed E-state index contributed by atoms with van der Waals surface area (Å²) in [6.07, 6.45) is 3.75. The van der Waals surface area contributed by atoms with E-state index in [-0.39, 0.29) is 24.2 Å². The minimum atomic E-state index is -0.296. The fourth-order valence-electron chi connectivity index (χ4n) is 2.09. The van der Waals surface area contributed by atoms with E-state index in [1.807, 2.05) is 48.1 Å². The van der Waals surface area contributed by atoms with Crippen LogP contribution in [0.4, 0.5) is 0 Å². The molecule has 0 bridgehead atoms. The van der Waals surface area contributed by atoms with E-state index >= 15 is 0 Å². The molecule has 0 radical (unpaired) electrons. The quantitative estimate of drug-likeness (QED) is 0.849. The highest BCUT2D eigenvalue weighted by Gasteiger charge is 2.17. The van der Waals surface area contributed by atoms with Crippen LogP contribution < -0.4 is 11.1 Å². The minimum absolute atomic E-state index is 0. The molecule has 1 unspecified atom stereocenters. The van der Waals surface area contributed by atoms with Crippen LogP contribution in [0.15, 0.2) is 42.7 Å². The van der Waals surface area contributed by atoms with Crippen molar-refractivity contribution in [1.29, 1.82) is 0 Å². The maximum Gasteiger partial charge on any atom is 0.228 e. The number of carbonyl (C=O) groups is 1. The second-order valence-electron chi connectivity index (χ2n) is 4.77. The van der Waals surface area contributed by atoms with E-state index in [2.05, 4.69) is 10.4 Å². The first-order chi connectivity index (χ1) is 9.70. The standard InChI is InChI=1S/C15H20N4O.ClH/c1-12-10-18-19(11-12)8-7-17-15(20)14(9-16)13-5-3-2-4-6-13;/h2-6,10-11,14H,7-9,16H2,1H3,(H,17,20);1H. The number of rotatable bonds is 6. The molecule has 0 spiro atoms. The van der Waals surface area contributed by atoms with Gasteiger partial charge in [0.25, 0.3) is 0 Å². The van der Waals surface area contributed by atoms with Crippen LogP contribution in [0.1, 0.15) is 17.0 Å². The molecule has 1 heterocycles. The molecule has 6 heteroatoms. The van der Waals surface area contributed by atoms with E-state index < -0.39 is 0 Å². The summed E-state index contributed by atoms with van der Waals surface area (Å²) in [4.78, 5) is 12.1. The van der Waals surface area contributed by atoms with Crippen molar-refractivity contribution in [2.75, 3.05) is 13.1 Å². The first-order valence-electron chi connectivity index (χ1n) is 6.72. The number of benzene rings is 1. The summed E-state index contributed by atoms with van der Waals surface area (Å²) in [6, 6.07) is 9.60. The zero-order valence-corrected chi connectivity index (χ0v) is 12.8. The second kappa shape index (κ2) is 8.44. The molecule has 2 aromatic rings. The van der Waals surface area contributed by atoms with Gasteiger partial charge in [0, 0.05) is 19.3 Å². The normalized spacial score (nSPS) is 11.5. The van der Waals surface area contributed by atoms with Crippen LogP contribution in [0.3, 0.4) is 0 Å². The number of nitrogens with one attached hydrogen (secondary N) is 1. The summed E-state index contributed by atoms with van der Waals surface area (Å²) in [6.45, 7) is 3.49. The van der Waals surface area contributed by atoms with Gasteiger partial charge < -0.3 is 11.1 Å². The molecule has 2 rings (SSSR count). The lowest BCUT2D eigenvalue weighted by Crippen LogP contribution is -2.35. The molecule has 0 saturated carbocycles. The lowest BCUT2D eigenvalue weighted by atomic mass is 9.98. The fourth-order valence-corrected chi connectivity index (χ4v) is 2.09. The van der Waals surface area contributed by atoms with E-state index in [9.17, 15) is 4.79 Å². The predicted molar refractivity (Wildman–Crippen MR) is 85.5 cm³/mol. The molecule has 114 valence electrons. The van der Waals surface area contributed by atoms with Gasteiger partial charge >= 0.3 is 0 Å². The average Bonchev–Trinajstić information content (AvgIpc) is 2.86. The molecule has 3 N–H and O–H groups in total. The van der Waals surface area contributed by atoms with Crippen molar-refractivity contribution in [3.05, 3.63) is 53.9 Å². The number of nitrogens with zero attached hydrogens (tertiary/aromatic N) is 2. The number of carbonyl (C=O) groups excluding carboxylic acids is 1. The van der Waals surface area contributed by atoms with Gasteiger partial charge in [0.1, 0.15) is 0 Å². The fraction of sp³-hybridized carbons (Fsp3) is 0.333. The van der Waals surface area contributed by atoms with Crippen LogP contribution >= 0.6 is 12.4 Å². The highest BCUT2D eigenvalue weighted by molar-refractivity contribution is 5.85. The van der Waals surface area contributed by atoms with Gasteiger partial charge in [-0.3, -0.25) is 9.48 Å². The number of aryl methyl sites for hydroxylation is 1. The Morgan fingerprint density at radius 3 is 2.67 bits per heavy atom. The molecular weight excluding hydrogens is 288 g/mol. The molecule has 0 fully saturated rings. The van der Waals surface area contributed by atoms with Gasteiger partial charge in [-0.2, -0.15) is 5.10 Å². The minimum Gasteiger partial charge on any atom is -0.354 e. The molecule has 0 saturated heterocycles. The van der Waals surface area contributed by atoms with E-state index in [1.54, 1.807) is 6.20 Å². The molecule has 0 aliphatic rings. The lowest BCUT2D eigenvalue weighted by molar-refractivity contribution is -0.122. The maximum atomic E-state index is 12.1. The Morgan fingerprint density at radius 2 is 2.10 bits per heavy atom. The third kappa shape index (κ3) is 4.88. The van der Waals surface area contributed by atoms with Crippen molar-refractivity contribution in [1.82, 2.24) is 15.1 Å². The third-order valence-corrected chi connectivity index (χ3v) is 3.16. The third-order valence-electron chi connectivity index (χ3n) is 3.16. The van der Waals surface area contributed by atoms with Gasteiger partial charge in [0.15, 0.2) is 0 Å². The Labute approximate surface area is 130 Å². The number of hydrogen-bond acceptors (Lipinski definition) is 3. The van der Waals surface area contributed by atoms with Crippen molar-refractivity contribution in [3.63, 3.8) is 0 Å². The number of nitrogens with two attached hydrogens (primary N) is 1. The van der Waals surface area contributed by atoms with Crippen LogP contribution in [0, 0.1) is 6.92 Å². The van der Waals surface area contributed by atoms with Crippen LogP contribution in [0.5, 0.6) is 0 Å². The number of halogens is 1. The van der Waals surface area contributed by atoms with Crippen LogP contribution in [-0.4, -0.2) is 28.8 Å². The van der Waals surface area contributed by atoms with Crippen molar-refractivity contribution in [2.45, 2.75) is 19.4 Å². The number of amides is 1. The smallest absolute Gasteiger partial charge is 0.228 e. The molecule has 0 aliphatic carbocycles. The Balaban J connectivity index is 0.00000220. The molecule has 1 amide bonds. The Bertz CT molecular complexity index is 556. The summed E-state index contributed by atoms with van der Waals surface area (Å²) in [5.41, 5.74) is 7.77. The molecule has 1 aromatic carbocycles. The summed E-state index contributed by atoms with van der Waals surface area (Å²) >= 11 is 0. The highest BCUT2D eigenvalue weighted by atomic mass is 35.5. The Hall–Kier alpha value is -1.85. The van der Waals surface area contributed by atoms with Gasteiger partial charge in [0.05, 0.1) is 18.7 Å². The average molecular weight is 309 g/mol. The zero-order chi connectivity index (χ0) is 14.4. The summed E-state index contributed by atoms with van der Waals surface area (Å²) in [7, 11) is 0. The molecular formula is C15H21ClN4O. The van der Waals surface area contributed by atoms with Crippen LogP contribution in [-0.2, 0) is 11.3 Å². The van der Waals surface area contributed by atoms with Crippen LogP contribution in [0.25, 0.3) is 0 Å². The zero-order valence-electron chi connectivity index (χ0n) is 12.0. The van der Waals surface area contributed by atoms with Crippen molar-refractivity contribution in [3.8, 4) is 0 Å². The van der Waals surface area contributed by atoms with E-state index in [0.29, 0.717) is 19.6 Å². The summed E-state index contributed by atoms with van der Waals surface area (Å²) in [5, 5.41) is 7.09. The highest BCUT2D eigenvalue weighted by Crippen LogP contribution is 2.13. The van der Waals surface area contributed by atoms with Gasteiger partial charge in [-0.1, -0.05) is 30.3 Å². The second-order valence-corrected chi connectivity index (χ2v) is 4.77. The Morgan fingerprint density at radius 1 is 1.38 bits per heavy atom. The Kier molecular flexibility index (Phi) is 6.91. The summed E-state index contributed by atoms with van der Waals surface area (Å²) in [5.74, 6) is -0.335. The van der Waals surface area contributed by atoms with E-state index in [1.165, 1.54) is 0 Å². The van der Waals surface area contributed by atoms with Gasteiger partial charge in [-0.15, -0.1) is 12.4 Å².